The van der Waals surface area contributed by atoms with Crippen molar-refractivity contribution in [2.24, 2.45) is 10.2 Å². The number of aryl methyl sites for hydroxylation is 2. The van der Waals surface area contributed by atoms with E-state index in [1.54, 1.807) is 6.92 Å². The monoisotopic (exact) mass is 344 g/mol. The van der Waals surface area contributed by atoms with Gasteiger partial charge in [-0.3, -0.25) is 0 Å². The average molecular weight is 344 g/mol. The molecule has 0 N–H and O–H groups in total. The highest BCUT2D eigenvalue weighted by Gasteiger charge is 2.14. The van der Waals surface area contributed by atoms with Gasteiger partial charge in [-0.15, -0.1) is 23.4 Å². The van der Waals surface area contributed by atoms with Crippen molar-refractivity contribution >= 4 is 43.7 Å². The summed E-state index contributed by atoms with van der Waals surface area (Å²) in [5, 5.41) is 10.5. The van der Waals surface area contributed by atoms with Crippen LogP contribution < -0.4 is 4.90 Å². The van der Waals surface area contributed by atoms with Crippen LogP contribution >= 0.6 is 22.9 Å². The second kappa shape index (κ2) is 7.76. The molecule has 0 saturated heterocycles. The van der Waals surface area contributed by atoms with Crippen molar-refractivity contribution in [2.75, 3.05) is 18.0 Å². The summed E-state index contributed by atoms with van der Waals surface area (Å²) in [6.45, 7) is 19.8. The van der Waals surface area contributed by atoms with Crippen LogP contribution in [0.2, 0.25) is 0 Å². The Morgan fingerprint density at radius 3 is 2.43 bits per heavy atom. The summed E-state index contributed by atoms with van der Waals surface area (Å²) >= 11 is 2.63. The Morgan fingerprint density at radius 2 is 1.83 bits per heavy atom. The normalized spacial score (nSPS) is 10.7. The Kier molecular flexibility index (Phi) is 5.73. The molecule has 0 saturated carbocycles. The summed E-state index contributed by atoms with van der Waals surface area (Å²) in [7, 11) is 0. The predicted octanol–water partition coefficient (Wildman–Crippen LogP) is 5.36. The zero-order chi connectivity index (χ0) is 16.8. The van der Waals surface area contributed by atoms with Crippen LogP contribution in [0.15, 0.2) is 35.5 Å². The molecule has 23 heavy (non-hydrogen) atoms. The fourth-order valence-corrected chi connectivity index (χ4v) is 3.36. The molecule has 118 valence electrons. The number of hydrogen-bond donors (Lipinski definition) is 0. The third-order valence-electron chi connectivity index (χ3n) is 2.89. The molecule has 0 spiro atoms. The number of nitrogens with zero attached hydrogens (tertiary/aromatic N) is 6. The lowest BCUT2D eigenvalue weighted by atomic mass is 10.4. The molecular formula is C15H16N6S2. The molecule has 0 radical (unpaired) electrons. The molecule has 0 aliphatic rings. The molecule has 0 amide bonds. The van der Waals surface area contributed by atoms with E-state index in [1.807, 2.05) is 19.1 Å². The minimum atomic E-state index is 0.459. The quantitative estimate of drug-likeness (QED) is 0.386. The number of aromatic nitrogens is 2. The van der Waals surface area contributed by atoms with Crippen molar-refractivity contribution in [3.8, 4) is 0 Å². The maximum Gasteiger partial charge on any atom is 0.247 e. The molecule has 2 rings (SSSR count). The van der Waals surface area contributed by atoms with Gasteiger partial charge in [-0.1, -0.05) is 23.5 Å². The van der Waals surface area contributed by atoms with Crippen LogP contribution in [0, 0.1) is 20.4 Å². The van der Waals surface area contributed by atoms with Crippen molar-refractivity contribution in [2.45, 2.75) is 13.8 Å². The second-order valence-corrected chi connectivity index (χ2v) is 6.31. The Balaban J connectivity index is 2.27. The number of thiazole rings is 1. The van der Waals surface area contributed by atoms with E-state index in [0.717, 1.165) is 15.8 Å². The summed E-state index contributed by atoms with van der Waals surface area (Å²) in [5.74, 6) is 0. The molecule has 0 bridgehead atoms. The smallest absolute Gasteiger partial charge is 0.247 e. The predicted molar refractivity (Wildman–Crippen MR) is 96.7 cm³/mol. The van der Waals surface area contributed by atoms with Gasteiger partial charge in [-0.05, 0) is 25.4 Å². The molecule has 0 fully saturated rings. The van der Waals surface area contributed by atoms with Gasteiger partial charge in [0.1, 0.15) is 0 Å². The highest BCUT2D eigenvalue weighted by atomic mass is 32.1. The molecule has 0 aliphatic carbocycles. The first-order valence-corrected chi connectivity index (χ1v) is 8.39. The summed E-state index contributed by atoms with van der Waals surface area (Å²) in [5.41, 5.74) is 1.95. The SMILES string of the molecule is [C-]#[N+]c1c(C)nsc1N=Nc1sc(N(CC=C)CC=C)nc1C. The van der Waals surface area contributed by atoms with Crippen LogP contribution in [0.25, 0.3) is 4.85 Å². The number of hydrogen-bond acceptors (Lipinski definition) is 7. The van der Waals surface area contributed by atoms with Crippen molar-refractivity contribution in [1.82, 2.24) is 9.36 Å². The Hall–Kier alpha value is -2.37. The molecule has 0 aromatic carbocycles. The van der Waals surface area contributed by atoms with E-state index in [2.05, 4.69) is 42.5 Å². The van der Waals surface area contributed by atoms with E-state index in [4.69, 9.17) is 6.57 Å². The van der Waals surface area contributed by atoms with E-state index >= 15 is 0 Å². The van der Waals surface area contributed by atoms with Gasteiger partial charge < -0.3 is 4.90 Å². The molecule has 2 aromatic heterocycles. The number of rotatable bonds is 7. The zero-order valence-corrected chi connectivity index (χ0v) is 14.6. The first-order chi connectivity index (χ1) is 11.1. The van der Waals surface area contributed by atoms with E-state index < -0.39 is 0 Å². The van der Waals surface area contributed by atoms with E-state index in [0.29, 0.717) is 29.5 Å². The van der Waals surface area contributed by atoms with Gasteiger partial charge in [0.15, 0.2) is 15.1 Å². The number of anilines is 1. The summed E-state index contributed by atoms with van der Waals surface area (Å²) in [4.78, 5) is 10.0. The third kappa shape index (κ3) is 3.88. The average Bonchev–Trinajstić information content (AvgIpc) is 3.07. The molecule has 0 atom stereocenters. The first kappa shape index (κ1) is 17.0. The fraction of sp³-hybridized carbons (Fsp3) is 0.267. The van der Waals surface area contributed by atoms with Crippen LogP contribution in [0.3, 0.4) is 0 Å². The van der Waals surface area contributed by atoms with E-state index in [-0.39, 0.29) is 0 Å². The Bertz CT molecular complexity index is 770. The Labute approximate surface area is 143 Å². The van der Waals surface area contributed by atoms with E-state index in [1.165, 1.54) is 22.9 Å². The molecule has 2 heterocycles. The maximum absolute atomic E-state index is 7.17. The largest absolute Gasteiger partial charge is 0.341 e. The van der Waals surface area contributed by atoms with Gasteiger partial charge in [-0.25, -0.2) is 14.2 Å². The molecule has 0 aliphatic heterocycles. The highest BCUT2D eigenvalue weighted by molar-refractivity contribution is 7.19. The molecule has 6 nitrogen and oxygen atoms in total. The van der Waals surface area contributed by atoms with Gasteiger partial charge in [0.25, 0.3) is 0 Å². The molecule has 8 heteroatoms. The number of azo groups is 1. The highest BCUT2D eigenvalue weighted by Crippen LogP contribution is 2.39. The van der Waals surface area contributed by atoms with Crippen LogP contribution in [-0.4, -0.2) is 22.4 Å². The lowest BCUT2D eigenvalue weighted by molar-refractivity contribution is 0.941. The Morgan fingerprint density at radius 1 is 1.17 bits per heavy atom. The van der Waals surface area contributed by atoms with Crippen LogP contribution in [0.1, 0.15) is 11.4 Å². The lowest BCUT2D eigenvalue weighted by Crippen LogP contribution is -2.22. The minimum Gasteiger partial charge on any atom is -0.341 e. The molecule has 0 unspecified atom stereocenters. The molecular weight excluding hydrogens is 328 g/mol. The van der Waals surface area contributed by atoms with Crippen LogP contribution in [-0.2, 0) is 0 Å². The van der Waals surface area contributed by atoms with Crippen molar-refractivity contribution in [3.05, 3.63) is 48.1 Å². The topological polar surface area (TPSA) is 58.1 Å². The van der Waals surface area contributed by atoms with Crippen molar-refractivity contribution < 1.29 is 0 Å². The second-order valence-electron chi connectivity index (χ2n) is 4.60. The summed E-state index contributed by atoms with van der Waals surface area (Å²) < 4.78 is 4.14. The van der Waals surface area contributed by atoms with Gasteiger partial charge in [0.05, 0.1) is 18.0 Å². The van der Waals surface area contributed by atoms with Crippen LogP contribution in [0.4, 0.5) is 20.8 Å². The maximum atomic E-state index is 7.17. The van der Waals surface area contributed by atoms with Gasteiger partial charge >= 0.3 is 0 Å². The summed E-state index contributed by atoms with van der Waals surface area (Å²) in [6, 6.07) is 0. The fourth-order valence-electron chi connectivity index (χ4n) is 1.78. The van der Waals surface area contributed by atoms with Crippen LogP contribution in [0.5, 0.6) is 0 Å². The van der Waals surface area contributed by atoms with Gasteiger partial charge in [0.2, 0.25) is 5.69 Å². The zero-order valence-electron chi connectivity index (χ0n) is 13.0. The summed E-state index contributed by atoms with van der Waals surface area (Å²) in [6.07, 6.45) is 3.65. The van der Waals surface area contributed by atoms with Gasteiger partial charge in [-0.2, -0.15) is 0 Å². The van der Waals surface area contributed by atoms with Crippen molar-refractivity contribution in [1.29, 1.82) is 0 Å². The van der Waals surface area contributed by atoms with E-state index in [9.17, 15) is 0 Å². The van der Waals surface area contributed by atoms with Crippen molar-refractivity contribution in [3.63, 3.8) is 0 Å². The third-order valence-corrected chi connectivity index (χ3v) is 4.80. The van der Waals surface area contributed by atoms with Gasteiger partial charge in [0, 0.05) is 13.1 Å². The molecule has 2 aromatic rings. The first-order valence-electron chi connectivity index (χ1n) is 6.80. The lowest BCUT2D eigenvalue weighted by Gasteiger charge is -2.17. The minimum absolute atomic E-state index is 0.459. The standard InChI is InChI=1S/C15H16N6S2/c1-6-8-21(9-7-2)15-17-11(4)13(22-15)18-19-14-12(16-5)10(3)20-23-14/h6-7H,1-2,8-9H2,3-4H3.